The summed E-state index contributed by atoms with van der Waals surface area (Å²) in [6, 6.07) is 3.77. The van der Waals surface area contributed by atoms with Gasteiger partial charge < -0.3 is 13.8 Å². The molecule has 6 nitrogen and oxygen atoms in total. The lowest BCUT2D eigenvalue weighted by Crippen LogP contribution is -1.98. The molecule has 2 aromatic heterocycles. The zero-order valence-corrected chi connectivity index (χ0v) is 9.84. The minimum Gasteiger partial charge on any atom is -0.374 e. The van der Waals surface area contributed by atoms with Crippen molar-refractivity contribution in [2.24, 2.45) is 7.05 Å². The highest BCUT2D eigenvalue weighted by atomic mass is 16.5. The molecule has 0 aliphatic rings. The Kier molecular flexibility index (Phi) is 2.93. The van der Waals surface area contributed by atoms with E-state index >= 15 is 0 Å². The average Bonchev–Trinajstić information content (AvgIpc) is 2.94. The van der Waals surface area contributed by atoms with Gasteiger partial charge in [0.25, 0.3) is 5.89 Å². The fourth-order valence-corrected chi connectivity index (χ4v) is 1.45. The largest absolute Gasteiger partial charge is 0.374 e. The Morgan fingerprint density at radius 2 is 2.35 bits per heavy atom. The fraction of sp³-hybridized carbons (Fsp3) is 0.364. The standard InChI is InChI=1S/C11H12N4O2/c1-7(16-3)10-13-11(17-14-10)9-4-8(5-12)6-15(9)2/h4,6-7H,1-3H3. The van der Waals surface area contributed by atoms with Crippen molar-refractivity contribution in [1.82, 2.24) is 14.7 Å². The number of rotatable bonds is 3. The first-order valence-electron chi connectivity index (χ1n) is 5.09. The van der Waals surface area contributed by atoms with E-state index in [1.165, 1.54) is 0 Å². The third kappa shape index (κ3) is 2.05. The summed E-state index contributed by atoms with van der Waals surface area (Å²) >= 11 is 0. The van der Waals surface area contributed by atoms with Gasteiger partial charge in [-0.15, -0.1) is 0 Å². The summed E-state index contributed by atoms with van der Waals surface area (Å²) in [5.74, 6) is 0.870. The molecule has 1 atom stereocenters. The van der Waals surface area contributed by atoms with E-state index in [2.05, 4.69) is 16.2 Å². The number of methoxy groups -OCH3 is 1. The maximum absolute atomic E-state index is 8.80. The summed E-state index contributed by atoms with van der Waals surface area (Å²) in [7, 11) is 3.40. The normalized spacial score (nSPS) is 12.4. The van der Waals surface area contributed by atoms with Gasteiger partial charge in [-0.05, 0) is 13.0 Å². The second-order valence-corrected chi connectivity index (χ2v) is 3.67. The first-order chi connectivity index (χ1) is 8.15. The summed E-state index contributed by atoms with van der Waals surface area (Å²) in [6.07, 6.45) is 1.49. The van der Waals surface area contributed by atoms with Gasteiger partial charge in [-0.3, -0.25) is 0 Å². The predicted molar refractivity (Wildman–Crippen MR) is 58.8 cm³/mol. The molecule has 0 saturated heterocycles. The SMILES string of the molecule is COC(C)c1noc(-c2cc(C#N)cn2C)n1. The van der Waals surface area contributed by atoms with Gasteiger partial charge in [-0.1, -0.05) is 5.16 Å². The van der Waals surface area contributed by atoms with Gasteiger partial charge >= 0.3 is 0 Å². The van der Waals surface area contributed by atoms with E-state index in [1.54, 1.807) is 23.9 Å². The molecule has 0 aromatic carbocycles. The molecule has 6 heteroatoms. The van der Waals surface area contributed by atoms with E-state index in [0.717, 1.165) is 0 Å². The Morgan fingerprint density at radius 3 is 2.94 bits per heavy atom. The van der Waals surface area contributed by atoms with Crippen LogP contribution in [0.4, 0.5) is 0 Å². The van der Waals surface area contributed by atoms with Gasteiger partial charge in [0.2, 0.25) is 5.82 Å². The van der Waals surface area contributed by atoms with Crippen molar-refractivity contribution in [3.05, 3.63) is 23.7 Å². The minimum atomic E-state index is -0.219. The van der Waals surface area contributed by atoms with Crippen LogP contribution >= 0.6 is 0 Å². The molecular weight excluding hydrogens is 220 g/mol. The predicted octanol–water partition coefficient (Wildman–Crippen LogP) is 1.65. The van der Waals surface area contributed by atoms with E-state index in [0.29, 0.717) is 23.0 Å². The Bertz CT molecular complexity index is 564. The Hall–Kier alpha value is -2.13. The monoisotopic (exact) mass is 232 g/mol. The third-order valence-electron chi connectivity index (χ3n) is 2.51. The van der Waals surface area contributed by atoms with Crippen molar-refractivity contribution in [3.63, 3.8) is 0 Å². The maximum atomic E-state index is 8.80. The summed E-state index contributed by atoms with van der Waals surface area (Å²) < 4.78 is 12.0. The number of ether oxygens (including phenoxy) is 1. The molecular formula is C11H12N4O2. The van der Waals surface area contributed by atoms with Crippen molar-refractivity contribution in [1.29, 1.82) is 5.26 Å². The molecule has 2 aromatic rings. The number of aryl methyl sites for hydroxylation is 1. The van der Waals surface area contributed by atoms with Gasteiger partial charge in [-0.25, -0.2) is 0 Å². The summed E-state index contributed by atoms with van der Waals surface area (Å²) in [6.45, 7) is 1.83. The fourth-order valence-electron chi connectivity index (χ4n) is 1.45. The van der Waals surface area contributed by atoms with E-state index in [4.69, 9.17) is 14.5 Å². The maximum Gasteiger partial charge on any atom is 0.274 e. The van der Waals surface area contributed by atoms with E-state index in [1.807, 2.05) is 14.0 Å². The zero-order valence-electron chi connectivity index (χ0n) is 9.84. The van der Waals surface area contributed by atoms with Crippen LogP contribution in [0.15, 0.2) is 16.8 Å². The number of hydrogen-bond acceptors (Lipinski definition) is 5. The van der Waals surface area contributed by atoms with Crippen molar-refractivity contribution in [3.8, 4) is 17.7 Å². The molecule has 17 heavy (non-hydrogen) atoms. The molecule has 0 bridgehead atoms. The van der Waals surface area contributed by atoms with Crippen LogP contribution in [0.2, 0.25) is 0 Å². The molecule has 2 rings (SSSR count). The lowest BCUT2D eigenvalue weighted by Gasteiger charge is -2.01. The topological polar surface area (TPSA) is 76.9 Å². The van der Waals surface area contributed by atoms with Crippen molar-refractivity contribution in [2.75, 3.05) is 7.11 Å². The quantitative estimate of drug-likeness (QED) is 0.804. The van der Waals surface area contributed by atoms with E-state index < -0.39 is 0 Å². The highest BCUT2D eigenvalue weighted by Gasteiger charge is 2.16. The molecule has 0 saturated carbocycles. The molecule has 0 aliphatic heterocycles. The molecule has 2 heterocycles. The van der Waals surface area contributed by atoms with Crippen LogP contribution in [0.3, 0.4) is 0 Å². The number of nitriles is 1. The van der Waals surface area contributed by atoms with Gasteiger partial charge in [0.1, 0.15) is 17.9 Å². The molecule has 88 valence electrons. The molecule has 1 unspecified atom stereocenters. The average molecular weight is 232 g/mol. The van der Waals surface area contributed by atoms with Crippen LogP contribution in [0, 0.1) is 11.3 Å². The van der Waals surface area contributed by atoms with Gasteiger partial charge in [0.15, 0.2) is 0 Å². The van der Waals surface area contributed by atoms with E-state index in [-0.39, 0.29) is 6.10 Å². The van der Waals surface area contributed by atoms with Crippen LogP contribution in [0.1, 0.15) is 24.4 Å². The molecule has 0 amide bonds. The first-order valence-corrected chi connectivity index (χ1v) is 5.09. The Balaban J connectivity index is 2.37. The minimum absolute atomic E-state index is 0.219. The smallest absolute Gasteiger partial charge is 0.274 e. The lowest BCUT2D eigenvalue weighted by atomic mass is 10.3. The van der Waals surface area contributed by atoms with Gasteiger partial charge in [0, 0.05) is 20.4 Å². The number of hydrogen-bond donors (Lipinski definition) is 0. The van der Waals surface area contributed by atoms with Crippen molar-refractivity contribution >= 4 is 0 Å². The van der Waals surface area contributed by atoms with Crippen LogP contribution in [0.25, 0.3) is 11.6 Å². The molecule has 0 radical (unpaired) electrons. The number of nitrogens with zero attached hydrogens (tertiary/aromatic N) is 4. The van der Waals surface area contributed by atoms with Crippen LogP contribution in [-0.4, -0.2) is 21.8 Å². The third-order valence-corrected chi connectivity index (χ3v) is 2.51. The van der Waals surface area contributed by atoms with E-state index in [9.17, 15) is 0 Å². The Labute approximate surface area is 98.4 Å². The second-order valence-electron chi connectivity index (χ2n) is 3.67. The second kappa shape index (κ2) is 4.39. The summed E-state index contributed by atoms with van der Waals surface area (Å²) in [4.78, 5) is 4.23. The Morgan fingerprint density at radius 1 is 1.59 bits per heavy atom. The van der Waals surface area contributed by atoms with Crippen molar-refractivity contribution < 1.29 is 9.26 Å². The van der Waals surface area contributed by atoms with Gasteiger partial charge in [-0.2, -0.15) is 10.2 Å². The molecule has 0 spiro atoms. The molecule has 0 aliphatic carbocycles. The highest BCUT2D eigenvalue weighted by Crippen LogP contribution is 2.21. The van der Waals surface area contributed by atoms with Gasteiger partial charge in [0.05, 0.1) is 5.56 Å². The summed E-state index contributed by atoms with van der Waals surface area (Å²) in [5.41, 5.74) is 1.27. The first kappa shape index (κ1) is 11.4. The van der Waals surface area contributed by atoms with Crippen molar-refractivity contribution in [2.45, 2.75) is 13.0 Å². The molecule has 0 fully saturated rings. The summed E-state index contributed by atoms with van der Waals surface area (Å²) in [5, 5.41) is 12.6. The zero-order chi connectivity index (χ0) is 12.4. The van der Waals surface area contributed by atoms with Crippen LogP contribution in [-0.2, 0) is 11.8 Å². The molecule has 0 N–H and O–H groups in total. The highest BCUT2D eigenvalue weighted by molar-refractivity contribution is 5.52. The van der Waals surface area contributed by atoms with Crippen LogP contribution < -0.4 is 0 Å². The lowest BCUT2D eigenvalue weighted by molar-refractivity contribution is 0.109. The number of aromatic nitrogens is 3. The van der Waals surface area contributed by atoms with Crippen LogP contribution in [0.5, 0.6) is 0 Å².